The Hall–Kier alpha value is -0.420. The highest BCUT2D eigenvalue weighted by atomic mass is 35.5. The fraction of sp³-hybridized carbons (Fsp3) is 0.500. The van der Waals surface area contributed by atoms with Crippen molar-refractivity contribution in [2.75, 3.05) is 12.3 Å². The summed E-state index contributed by atoms with van der Waals surface area (Å²) in [5.41, 5.74) is 0. The summed E-state index contributed by atoms with van der Waals surface area (Å²) in [5.74, 6) is 0.198. The molecule has 1 aromatic rings. The molecule has 0 amide bonds. The van der Waals surface area contributed by atoms with E-state index in [1.165, 1.54) is 0 Å². The van der Waals surface area contributed by atoms with E-state index in [4.69, 9.17) is 11.6 Å². The lowest BCUT2D eigenvalue weighted by molar-refractivity contribution is 0.191. The quantitative estimate of drug-likeness (QED) is 0.832. The molecule has 17 heavy (non-hydrogen) atoms. The predicted octanol–water partition coefficient (Wildman–Crippen LogP) is 1.81. The highest BCUT2D eigenvalue weighted by Crippen LogP contribution is 2.19. The average Bonchev–Trinajstić information content (AvgIpc) is 2.26. The molecule has 0 aromatic heterocycles. The maximum Gasteiger partial charge on any atom is 0.0783 e. The van der Waals surface area contributed by atoms with Crippen molar-refractivity contribution in [3.8, 4) is 0 Å². The van der Waals surface area contributed by atoms with Crippen LogP contribution in [0.4, 0.5) is 0 Å². The number of halogens is 1. The van der Waals surface area contributed by atoms with Gasteiger partial charge in [0, 0.05) is 12.6 Å². The van der Waals surface area contributed by atoms with E-state index in [9.17, 15) is 9.32 Å². The van der Waals surface area contributed by atoms with Crippen molar-refractivity contribution in [2.24, 2.45) is 0 Å². The van der Waals surface area contributed by atoms with Crippen LogP contribution < -0.4 is 5.32 Å². The molecule has 0 radical (unpaired) electrons. The van der Waals surface area contributed by atoms with Gasteiger partial charge in [-0.3, -0.25) is 4.21 Å². The average molecular weight is 276 g/mol. The minimum absolute atomic E-state index is 0.198. The molecule has 0 saturated heterocycles. The molecule has 1 aromatic carbocycles. The zero-order valence-corrected chi connectivity index (χ0v) is 11.6. The second-order valence-electron chi connectivity index (χ2n) is 4.16. The lowest BCUT2D eigenvalue weighted by Crippen LogP contribution is -2.34. The molecule has 0 aliphatic carbocycles. The lowest BCUT2D eigenvalue weighted by atomic mass is 10.3. The fourth-order valence-corrected chi connectivity index (χ4v) is 2.88. The number of aliphatic hydroxyl groups is 1. The summed E-state index contributed by atoms with van der Waals surface area (Å²) in [5, 5.41) is 13.3. The van der Waals surface area contributed by atoms with Crippen LogP contribution in [0.15, 0.2) is 29.2 Å². The summed E-state index contributed by atoms with van der Waals surface area (Å²) in [6.07, 6.45) is -0.630. The standard InChI is InChI=1S/C12H18ClNO2S/c1-9(2)14-7-10(15)8-17(16)12-6-4-3-5-11(12)13/h3-6,9-10,14-15H,7-8H2,1-2H3. The first-order valence-electron chi connectivity index (χ1n) is 5.55. The highest BCUT2D eigenvalue weighted by molar-refractivity contribution is 7.85. The first kappa shape index (κ1) is 14.6. The van der Waals surface area contributed by atoms with E-state index in [2.05, 4.69) is 5.32 Å². The van der Waals surface area contributed by atoms with Crippen LogP contribution in [0.5, 0.6) is 0 Å². The number of rotatable bonds is 6. The van der Waals surface area contributed by atoms with Gasteiger partial charge in [-0.15, -0.1) is 0 Å². The van der Waals surface area contributed by atoms with Crippen LogP contribution in [-0.4, -0.2) is 33.8 Å². The highest BCUT2D eigenvalue weighted by Gasteiger charge is 2.13. The molecule has 2 atom stereocenters. The topological polar surface area (TPSA) is 49.3 Å². The van der Waals surface area contributed by atoms with E-state index in [1.54, 1.807) is 24.3 Å². The molecule has 0 aliphatic heterocycles. The predicted molar refractivity (Wildman–Crippen MR) is 71.9 cm³/mol. The van der Waals surface area contributed by atoms with Crippen molar-refractivity contribution in [1.29, 1.82) is 0 Å². The van der Waals surface area contributed by atoms with Crippen LogP contribution in [0.3, 0.4) is 0 Å². The smallest absolute Gasteiger partial charge is 0.0783 e. The van der Waals surface area contributed by atoms with Gasteiger partial charge in [0.25, 0.3) is 0 Å². The Balaban J connectivity index is 2.52. The van der Waals surface area contributed by atoms with Crippen molar-refractivity contribution in [3.05, 3.63) is 29.3 Å². The molecule has 5 heteroatoms. The van der Waals surface area contributed by atoms with Gasteiger partial charge in [-0.1, -0.05) is 37.6 Å². The van der Waals surface area contributed by atoms with Crippen LogP contribution >= 0.6 is 11.6 Å². The van der Waals surface area contributed by atoms with Gasteiger partial charge < -0.3 is 10.4 Å². The van der Waals surface area contributed by atoms with Gasteiger partial charge in [-0.05, 0) is 12.1 Å². The van der Waals surface area contributed by atoms with Crippen LogP contribution in [0.1, 0.15) is 13.8 Å². The van der Waals surface area contributed by atoms with E-state index in [0.29, 0.717) is 22.5 Å². The van der Waals surface area contributed by atoms with Gasteiger partial charge in [0.15, 0.2) is 0 Å². The maximum atomic E-state index is 12.0. The van der Waals surface area contributed by atoms with Crippen LogP contribution in [0, 0.1) is 0 Å². The number of hydrogen-bond donors (Lipinski definition) is 2. The van der Waals surface area contributed by atoms with Crippen LogP contribution in [0.2, 0.25) is 5.02 Å². The zero-order chi connectivity index (χ0) is 12.8. The Kier molecular flexibility index (Phi) is 6.12. The van der Waals surface area contributed by atoms with E-state index >= 15 is 0 Å². The molecule has 0 fully saturated rings. The molecule has 96 valence electrons. The monoisotopic (exact) mass is 275 g/mol. The van der Waals surface area contributed by atoms with Crippen molar-refractivity contribution >= 4 is 22.4 Å². The molecule has 2 N–H and O–H groups in total. The Labute approximate surface area is 110 Å². The van der Waals surface area contributed by atoms with Crippen molar-refractivity contribution < 1.29 is 9.32 Å². The third-order valence-corrected chi connectivity index (χ3v) is 4.16. The number of benzene rings is 1. The van der Waals surface area contributed by atoms with Crippen molar-refractivity contribution in [3.63, 3.8) is 0 Å². The number of nitrogens with one attached hydrogen (secondary N) is 1. The minimum atomic E-state index is -1.26. The van der Waals surface area contributed by atoms with Gasteiger partial charge in [-0.2, -0.15) is 0 Å². The van der Waals surface area contributed by atoms with E-state index < -0.39 is 16.9 Å². The minimum Gasteiger partial charge on any atom is -0.391 e. The van der Waals surface area contributed by atoms with Gasteiger partial charge >= 0.3 is 0 Å². The summed E-state index contributed by atoms with van der Waals surface area (Å²) in [6.45, 7) is 4.43. The van der Waals surface area contributed by atoms with Crippen LogP contribution in [0.25, 0.3) is 0 Å². The van der Waals surface area contributed by atoms with Crippen LogP contribution in [-0.2, 0) is 10.8 Å². The molecule has 0 aliphatic rings. The molecular weight excluding hydrogens is 258 g/mol. The Morgan fingerprint density at radius 3 is 2.65 bits per heavy atom. The van der Waals surface area contributed by atoms with E-state index in [1.807, 2.05) is 13.8 Å². The molecular formula is C12H18ClNO2S. The number of aliphatic hydroxyl groups excluding tert-OH is 1. The summed E-state index contributed by atoms with van der Waals surface area (Å²) < 4.78 is 12.0. The Bertz CT molecular complexity index is 385. The zero-order valence-electron chi connectivity index (χ0n) is 10.0. The first-order chi connectivity index (χ1) is 8.00. The molecule has 0 saturated carbocycles. The van der Waals surface area contributed by atoms with Gasteiger partial charge in [0.05, 0.1) is 32.6 Å². The molecule has 2 unspecified atom stereocenters. The SMILES string of the molecule is CC(C)NCC(O)CS(=O)c1ccccc1Cl. The van der Waals surface area contributed by atoms with Crippen molar-refractivity contribution in [1.82, 2.24) is 5.32 Å². The maximum absolute atomic E-state index is 12.0. The largest absolute Gasteiger partial charge is 0.391 e. The Morgan fingerprint density at radius 2 is 2.06 bits per heavy atom. The lowest BCUT2D eigenvalue weighted by Gasteiger charge is -2.14. The first-order valence-corrected chi connectivity index (χ1v) is 7.24. The third-order valence-electron chi connectivity index (χ3n) is 2.19. The summed E-state index contributed by atoms with van der Waals surface area (Å²) in [4.78, 5) is 0.581. The normalized spacial score (nSPS) is 14.9. The molecule has 1 rings (SSSR count). The fourth-order valence-electron chi connectivity index (χ4n) is 1.32. The number of hydrogen-bond acceptors (Lipinski definition) is 3. The van der Waals surface area contributed by atoms with E-state index in [0.717, 1.165) is 0 Å². The van der Waals surface area contributed by atoms with E-state index in [-0.39, 0.29) is 5.75 Å². The second-order valence-corrected chi connectivity index (χ2v) is 6.03. The van der Waals surface area contributed by atoms with Gasteiger partial charge in [-0.25, -0.2) is 0 Å². The molecule has 0 spiro atoms. The summed E-state index contributed by atoms with van der Waals surface area (Å²) >= 11 is 5.94. The third kappa shape index (κ3) is 5.17. The molecule has 3 nitrogen and oxygen atoms in total. The van der Waals surface area contributed by atoms with Crippen molar-refractivity contribution in [2.45, 2.75) is 30.9 Å². The molecule has 0 heterocycles. The summed E-state index contributed by atoms with van der Waals surface area (Å²) in [7, 11) is -1.26. The second kappa shape index (κ2) is 7.11. The van der Waals surface area contributed by atoms with Gasteiger partial charge in [0.1, 0.15) is 0 Å². The summed E-state index contributed by atoms with van der Waals surface area (Å²) in [6, 6.07) is 7.31. The Morgan fingerprint density at radius 1 is 1.41 bits per heavy atom. The molecule has 0 bridgehead atoms. The van der Waals surface area contributed by atoms with Gasteiger partial charge in [0.2, 0.25) is 0 Å².